The predicted molar refractivity (Wildman–Crippen MR) is 140 cm³/mol. The fourth-order valence-electron chi connectivity index (χ4n) is 3.56. The molecule has 4 nitrogen and oxygen atoms in total. The molecule has 0 saturated carbocycles. The number of benzene rings is 3. The van der Waals surface area contributed by atoms with Crippen LogP contribution in [0.2, 0.25) is 5.02 Å². The highest BCUT2D eigenvalue weighted by molar-refractivity contribution is 7.27. The van der Waals surface area contributed by atoms with Crippen molar-refractivity contribution in [3.05, 3.63) is 119 Å². The van der Waals surface area contributed by atoms with Gasteiger partial charge in [0, 0.05) is 29.1 Å². The molecule has 166 valence electrons. The Kier molecular flexibility index (Phi) is 7.72. The van der Waals surface area contributed by atoms with Crippen LogP contribution in [0.1, 0.15) is 16.8 Å². The average Bonchev–Trinajstić information content (AvgIpc) is 2.81. The van der Waals surface area contributed by atoms with Crippen LogP contribution in [-0.2, 0) is 24.3 Å². The second-order valence-electron chi connectivity index (χ2n) is 7.82. The summed E-state index contributed by atoms with van der Waals surface area (Å²) in [7, 11) is 2.72. The first-order valence-corrected chi connectivity index (χ1v) is 11.6. The van der Waals surface area contributed by atoms with Crippen molar-refractivity contribution in [3.8, 4) is 0 Å². The molecule has 0 bridgehead atoms. The predicted octanol–water partition coefficient (Wildman–Crippen LogP) is 5.62. The molecule has 0 aliphatic carbocycles. The first-order valence-electron chi connectivity index (χ1n) is 10.7. The number of anilines is 2. The van der Waals surface area contributed by atoms with Crippen molar-refractivity contribution in [1.29, 1.82) is 0 Å². The smallest absolute Gasteiger partial charge is 0.228 e. The van der Waals surface area contributed by atoms with Gasteiger partial charge in [-0.2, -0.15) is 0 Å². The van der Waals surface area contributed by atoms with Gasteiger partial charge in [-0.15, -0.1) is 9.24 Å². The number of nitrogens with one attached hydrogen (secondary N) is 1. The number of carbonyl (C=O) groups excluding carboxylic acids is 1. The third-order valence-electron chi connectivity index (χ3n) is 5.20. The number of pyridine rings is 1. The number of hydrogen-bond acceptors (Lipinski definition) is 3. The first kappa shape index (κ1) is 23.0. The minimum Gasteiger partial charge on any atom is -0.361 e. The highest BCUT2D eigenvalue weighted by Crippen LogP contribution is 2.21. The third kappa shape index (κ3) is 6.89. The summed E-state index contributed by atoms with van der Waals surface area (Å²) in [5.41, 5.74) is 4.95. The van der Waals surface area contributed by atoms with Crippen LogP contribution in [-0.4, -0.2) is 10.9 Å². The molecule has 1 N–H and O–H groups in total. The molecule has 1 unspecified atom stereocenters. The minimum absolute atomic E-state index is 0.0701. The molecule has 0 saturated heterocycles. The van der Waals surface area contributed by atoms with E-state index in [0.29, 0.717) is 11.6 Å². The summed E-state index contributed by atoms with van der Waals surface area (Å²) in [4.78, 5) is 19.2. The van der Waals surface area contributed by atoms with E-state index in [1.807, 2.05) is 66.9 Å². The van der Waals surface area contributed by atoms with Gasteiger partial charge in [0.2, 0.25) is 5.91 Å². The summed E-state index contributed by atoms with van der Waals surface area (Å²) in [5.74, 6) is -0.0701. The molecule has 3 aromatic carbocycles. The van der Waals surface area contributed by atoms with Crippen molar-refractivity contribution in [2.45, 2.75) is 19.5 Å². The van der Waals surface area contributed by atoms with E-state index in [9.17, 15) is 4.79 Å². The second kappa shape index (κ2) is 11.1. The van der Waals surface area contributed by atoms with Crippen LogP contribution in [0.5, 0.6) is 0 Å². The van der Waals surface area contributed by atoms with Crippen LogP contribution < -0.4 is 15.5 Å². The Balaban J connectivity index is 1.43. The van der Waals surface area contributed by atoms with Crippen LogP contribution in [0.3, 0.4) is 0 Å². The summed E-state index contributed by atoms with van der Waals surface area (Å²) in [6.07, 6.45) is 2.10. The van der Waals surface area contributed by atoms with Gasteiger partial charge in [0.25, 0.3) is 0 Å². The van der Waals surface area contributed by atoms with E-state index < -0.39 is 0 Å². The second-order valence-corrected chi connectivity index (χ2v) is 8.92. The standard InChI is InChI=1S/C27H25ClN3OP/c28-22-5-3-4-21(16-22)17-27(32)30-23-9-7-20(8-10-23)18-31(19-24-6-1-2-15-29-24)25-11-13-26(33)14-12-25/h1-16H,17-19,33H2,(H,30,32). The molecular formula is C27H25ClN3OP. The molecule has 1 atom stereocenters. The van der Waals surface area contributed by atoms with Gasteiger partial charge in [-0.25, -0.2) is 0 Å². The van der Waals surface area contributed by atoms with Crippen LogP contribution >= 0.6 is 20.8 Å². The zero-order valence-corrected chi connectivity index (χ0v) is 20.0. The molecule has 1 amide bonds. The third-order valence-corrected chi connectivity index (χ3v) is 5.82. The van der Waals surface area contributed by atoms with Crippen molar-refractivity contribution in [2.75, 3.05) is 10.2 Å². The van der Waals surface area contributed by atoms with Crippen molar-refractivity contribution >= 4 is 43.4 Å². The van der Waals surface area contributed by atoms with E-state index in [2.05, 4.69) is 48.7 Å². The highest BCUT2D eigenvalue weighted by Gasteiger charge is 2.10. The summed E-state index contributed by atoms with van der Waals surface area (Å²) < 4.78 is 0. The molecule has 0 fully saturated rings. The van der Waals surface area contributed by atoms with E-state index in [4.69, 9.17) is 11.6 Å². The van der Waals surface area contributed by atoms with Gasteiger partial charge < -0.3 is 10.2 Å². The SMILES string of the molecule is O=C(Cc1cccc(Cl)c1)Nc1ccc(CN(Cc2ccccn2)c2ccc(P)cc2)cc1. The quantitative estimate of drug-likeness (QED) is 0.338. The van der Waals surface area contributed by atoms with Crippen molar-refractivity contribution in [2.24, 2.45) is 0 Å². The Morgan fingerprint density at radius 2 is 1.67 bits per heavy atom. The number of hydrogen-bond donors (Lipinski definition) is 1. The number of nitrogens with zero attached hydrogens (tertiary/aromatic N) is 2. The normalized spacial score (nSPS) is 10.6. The summed E-state index contributed by atoms with van der Waals surface area (Å²) in [6, 6.07) is 29.7. The van der Waals surface area contributed by atoms with E-state index in [1.54, 1.807) is 6.07 Å². The van der Waals surface area contributed by atoms with Crippen LogP contribution in [0.25, 0.3) is 0 Å². The van der Waals surface area contributed by atoms with Crippen LogP contribution in [0.15, 0.2) is 97.2 Å². The van der Waals surface area contributed by atoms with Gasteiger partial charge in [-0.3, -0.25) is 9.78 Å². The zero-order chi connectivity index (χ0) is 23.0. The lowest BCUT2D eigenvalue weighted by atomic mass is 10.1. The summed E-state index contributed by atoms with van der Waals surface area (Å²) in [6.45, 7) is 1.43. The molecule has 0 radical (unpaired) electrons. The molecule has 0 aliphatic heterocycles. The lowest BCUT2D eigenvalue weighted by Gasteiger charge is -2.25. The number of halogens is 1. The average molecular weight is 474 g/mol. The lowest BCUT2D eigenvalue weighted by Crippen LogP contribution is -2.23. The maximum absolute atomic E-state index is 12.4. The number of carbonyl (C=O) groups is 1. The van der Waals surface area contributed by atoms with Crippen LogP contribution in [0.4, 0.5) is 11.4 Å². The van der Waals surface area contributed by atoms with Crippen LogP contribution in [0, 0.1) is 0 Å². The monoisotopic (exact) mass is 473 g/mol. The molecule has 33 heavy (non-hydrogen) atoms. The van der Waals surface area contributed by atoms with E-state index in [1.165, 1.54) is 0 Å². The molecule has 1 aromatic heterocycles. The van der Waals surface area contributed by atoms with Gasteiger partial charge in [0.15, 0.2) is 0 Å². The molecular weight excluding hydrogens is 449 g/mol. The van der Waals surface area contributed by atoms with Gasteiger partial charge in [-0.05, 0) is 65.0 Å². The Bertz CT molecular complexity index is 1200. The van der Waals surface area contributed by atoms with E-state index in [-0.39, 0.29) is 12.3 Å². The Hall–Kier alpha value is -3.20. The molecule has 6 heteroatoms. The molecule has 1 heterocycles. The van der Waals surface area contributed by atoms with Gasteiger partial charge in [-0.1, -0.05) is 54.1 Å². The summed E-state index contributed by atoms with van der Waals surface area (Å²) >= 11 is 6.01. The zero-order valence-electron chi connectivity index (χ0n) is 18.1. The molecule has 0 aliphatic rings. The van der Waals surface area contributed by atoms with E-state index in [0.717, 1.165) is 40.0 Å². The largest absolute Gasteiger partial charge is 0.361 e. The van der Waals surface area contributed by atoms with E-state index >= 15 is 0 Å². The maximum Gasteiger partial charge on any atom is 0.228 e. The Morgan fingerprint density at radius 1 is 0.879 bits per heavy atom. The van der Waals surface area contributed by atoms with Gasteiger partial charge in [0.05, 0.1) is 18.7 Å². The fraction of sp³-hybridized carbons (Fsp3) is 0.111. The molecule has 4 rings (SSSR count). The van der Waals surface area contributed by atoms with Gasteiger partial charge in [0.1, 0.15) is 0 Å². The van der Waals surface area contributed by atoms with Crippen molar-refractivity contribution < 1.29 is 4.79 Å². The topological polar surface area (TPSA) is 45.2 Å². The fourth-order valence-corrected chi connectivity index (χ4v) is 3.97. The Labute approximate surface area is 201 Å². The Morgan fingerprint density at radius 3 is 2.36 bits per heavy atom. The van der Waals surface area contributed by atoms with Gasteiger partial charge >= 0.3 is 0 Å². The summed E-state index contributed by atoms with van der Waals surface area (Å²) in [5, 5.41) is 4.74. The lowest BCUT2D eigenvalue weighted by molar-refractivity contribution is -0.115. The molecule has 0 spiro atoms. The molecule has 4 aromatic rings. The number of rotatable bonds is 8. The minimum atomic E-state index is -0.0701. The van der Waals surface area contributed by atoms with Crippen molar-refractivity contribution in [1.82, 2.24) is 4.98 Å². The maximum atomic E-state index is 12.4. The number of amides is 1. The highest BCUT2D eigenvalue weighted by atomic mass is 35.5. The van der Waals surface area contributed by atoms with Crippen molar-refractivity contribution in [3.63, 3.8) is 0 Å². The first-order chi connectivity index (χ1) is 16.0. The number of aromatic nitrogens is 1.